The highest BCUT2D eigenvalue weighted by Crippen LogP contribution is 2.30. The molecule has 4 heteroatoms. The lowest BCUT2D eigenvalue weighted by molar-refractivity contribution is -0.136. The minimum Gasteiger partial charge on any atom is -0.481 e. The van der Waals surface area contributed by atoms with E-state index in [1.807, 2.05) is 6.92 Å². The van der Waals surface area contributed by atoms with E-state index in [9.17, 15) is 4.79 Å². The van der Waals surface area contributed by atoms with Crippen molar-refractivity contribution < 1.29 is 9.90 Å². The first-order valence-corrected chi connectivity index (χ1v) is 7.38. The van der Waals surface area contributed by atoms with Crippen molar-refractivity contribution in [2.45, 2.75) is 39.5 Å². The number of benzene rings is 1. The van der Waals surface area contributed by atoms with Gasteiger partial charge in [-0.25, -0.2) is 4.98 Å². The summed E-state index contributed by atoms with van der Waals surface area (Å²) in [6.07, 6.45) is -0.0115. The van der Waals surface area contributed by atoms with E-state index < -0.39 is 5.97 Å². The van der Waals surface area contributed by atoms with Crippen molar-refractivity contribution >= 4 is 17.3 Å². The highest BCUT2D eigenvalue weighted by molar-refractivity contribution is 7.15. The SMILES string of the molecule is Cc1sc(-c2ccc(C(C)(C)C)cc2)nc1CC(=O)O. The number of hydrogen-bond acceptors (Lipinski definition) is 3. The summed E-state index contributed by atoms with van der Waals surface area (Å²) in [6, 6.07) is 8.35. The molecule has 20 heavy (non-hydrogen) atoms. The molecule has 0 bridgehead atoms. The summed E-state index contributed by atoms with van der Waals surface area (Å²) in [5, 5.41) is 9.75. The van der Waals surface area contributed by atoms with E-state index in [-0.39, 0.29) is 11.8 Å². The first kappa shape index (κ1) is 14.7. The van der Waals surface area contributed by atoms with E-state index >= 15 is 0 Å². The number of nitrogens with zero attached hydrogens (tertiary/aromatic N) is 1. The van der Waals surface area contributed by atoms with Crippen LogP contribution < -0.4 is 0 Å². The van der Waals surface area contributed by atoms with Gasteiger partial charge in [-0.1, -0.05) is 45.0 Å². The molecule has 3 nitrogen and oxygen atoms in total. The van der Waals surface area contributed by atoms with Gasteiger partial charge in [0.25, 0.3) is 0 Å². The molecule has 1 heterocycles. The summed E-state index contributed by atoms with van der Waals surface area (Å²) in [6.45, 7) is 8.46. The van der Waals surface area contributed by atoms with Crippen LogP contribution in [0.15, 0.2) is 24.3 Å². The van der Waals surface area contributed by atoms with Gasteiger partial charge < -0.3 is 5.11 Å². The summed E-state index contributed by atoms with van der Waals surface area (Å²) < 4.78 is 0. The Labute approximate surface area is 123 Å². The number of aromatic nitrogens is 1. The predicted molar refractivity (Wildman–Crippen MR) is 82.3 cm³/mol. The monoisotopic (exact) mass is 289 g/mol. The van der Waals surface area contributed by atoms with Gasteiger partial charge in [-0.3, -0.25) is 4.79 Å². The fourth-order valence-corrected chi connectivity index (χ4v) is 2.91. The second kappa shape index (κ2) is 5.37. The van der Waals surface area contributed by atoms with Crippen molar-refractivity contribution in [3.8, 4) is 10.6 Å². The highest BCUT2D eigenvalue weighted by atomic mass is 32.1. The maximum atomic E-state index is 10.8. The molecule has 0 aliphatic rings. The van der Waals surface area contributed by atoms with Crippen molar-refractivity contribution in [3.05, 3.63) is 40.4 Å². The minimum atomic E-state index is -0.840. The van der Waals surface area contributed by atoms with Gasteiger partial charge >= 0.3 is 5.97 Å². The zero-order valence-electron chi connectivity index (χ0n) is 12.2. The number of rotatable bonds is 3. The lowest BCUT2D eigenvalue weighted by Crippen LogP contribution is -2.10. The number of carboxylic acids is 1. The summed E-state index contributed by atoms with van der Waals surface area (Å²) in [5.41, 5.74) is 3.12. The van der Waals surface area contributed by atoms with Gasteiger partial charge in [0, 0.05) is 10.4 Å². The van der Waals surface area contributed by atoms with Crippen molar-refractivity contribution in [1.82, 2.24) is 4.98 Å². The van der Waals surface area contributed by atoms with Gasteiger partial charge in [0.05, 0.1) is 12.1 Å². The fourth-order valence-electron chi connectivity index (χ4n) is 1.97. The number of carbonyl (C=O) groups is 1. The van der Waals surface area contributed by atoms with E-state index in [0.717, 1.165) is 15.4 Å². The number of hydrogen-bond donors (Lipinski definition) is 1. The topological polar surface area (TPSA) is 50.2 Å². The third-order valence-corrected chi connectivity index (χ3v) is 4.27. The Morgan fingerprint density at radius 3 is 2.35 bits per heavy atom. The molecule has 0 atom stereocenters. The van der Waals surface area contributed by atoms with Crippen LogP contribution in [0.1, 0.15) is 36.9 Å². The van der Waals surface area contributed by atoms with Crippen LogP contribution in [0.25, 0.3) is 10.6 Å². The Kier molecular flexibility index (Phi) is 3.95. The van der Waals surface area contributed by atoms with E-state index in [0.29, 0.717) is 5.69 Å². The number of carboxylic acid groups (broad SMARTS) is 1. The fraction of sp³-hybridized carbons (Fsp3) is 0.375. The highest BCUT2D eigenvalue weighted by Gasteiger charge is 2.15. The first-order valence-electron chi connectivity index (χ1n) is 6.56. The standard InChI is InChI=1S/C16H19NO2S/c1-10-13(9-14(18)19)17-15(20-10)11-5-7-12(8-6-11)16(2,3)4/h5-8H,9H2,1-4H3,(H,18,19). The van der Waals surface area contributed by atoms with Gasteiger partial charge in [0.15, 0.2) is 0 Å². The van der Waals surface area contributed by atoms with Crippen LogP contribution in [0.2, 0.25) is 0 Å². The second-order valence-electron chi connectivity index (χ2n) is 5.92. The Hall–Kier alpha value is -1.68. The van der Waals surface area contributed by atoms with Crippen molar-refractivity contribution in [2.75, 3.05) is 0 Å². The van der Waals surface area contributed by atoms with Crippen LogP contribution in [0.5, 0.6) is 0 Å². The molecule has 1 N–H and O–H groups in total. The molecular weight excluding hydrogens is 270 g/mol. The Morgan fingerprint density at radius 1 is 1.25 bits per heavy atom. The zero-order valence-corrected chi connectivity index (χ0v) is 13.0. The molecule has 0 amide bonds. The molecule has 0 radical (unpaired) electrons. The molecule has 0 fully saturated rings. The van der Waals surface area contributed by atoms with E-state index in [1.54, 1.807) is 11.3 Å². The molecule has 1 aromatic carbocycles. The molecule has 1 aromatic heterocycles. The molecule has 0 saturated heterocycles. The smallest absolute Gasteiger partial charge is 0.309 e. The Bertz CT molecular complexity index is 621. The molecule has 0 aliphatic heterocycles. The van der Waals surface area contributed by atoms with Gasteiger partial charge in [-0.2, -0.15) is 0 Å². The lowest BCUT2D eigenvalue weighted by Gasteiger charge is -2.18. The molecule has 0 saturated carbocycles. The van der Waals surface area contributed by atoms with Crippen LogP contribution in [0.4, 0.5) is 0 Å². The third kappa shape index (κ3) is 3.25. The zero-order chi connectivity index (χ0) is 14.9. The first-order chi connectivity index (χ1) is 9.27. The summed E-state index contributed by atoms with van der Waals surface area (Å²) in [5.74, 6) is -0.840. The third-order valence-electron chi connectivity index (χ3n) is 3.21. The van der Waals surface area contributed by atoms with Crippen molar-refractivity contribution in [2.24, 2.45) is 0 Å². The number of thiazole rings is 1. The van der Waals surface area contributed by atoms with Gasteiger partial charge in [-0.05, 0) is 17.9 Å². The number of aryl methyl sites for hydroxylation is 1. The molecule has 0 aliphatic carbocycles. The predicted octanol–water partition coefficient (Wildman–Crippen LogP) is 4.04. The summed E-state index contributed by atoms with van der Waals surface area (Å²) in [7, 11) is 0. The van der Waals surface area contributed by atoms with Crippen LogP contribution in [0.3, 0.4) is 0 Å². The lowest BCUT2D eigenvalue weighted by atomic mass is 9.87. The molecule has 106 valence electrons. The van der Waals surface area contributed by atoms with Gasteiger partial charge in [0.1, 0.15) is 5.01 Å². The van der Waals surface area contributed by atoms with Gasteiger partial charge in [0.2, 0.25) is 0 Å². The largest absolute Gasteiger partial charge is 0.481 e. The van der Waals surface area contributed by atoms with E-state index in [2.05, 4.69) is 50.0 Å². The number of aliphatic carboxylic acids is 1. The second-order valence-corrected chi connectivity index (χ2v) is 7.12. The molecule has 2 aromatic rings. The average molecular weight is 289 g/mol. The Morgan fingerprint density at radius 2 is 1.85 bits per heavy atom. The van der Waals surface area contributed by atoms with Crippen molar-refractivity contribution in [1.29, 1.82) is 0 Å². The minimum absolute atomic E-state index is 0.0115. The summed E-state index contributed by atoms with van der Waals surface area (Å²) in [4.78, 5) is 16.2. The van der Waals surface area contributed by atoms with Crippen LogP contribution in [-0.2, 0) is 16.6 Å². The van der Waals surface area contributed by atoms with Crippen molar-refractivity contribution in [3.63, 3.8) is 0 Å². The van der Waals surface area contributed by atoms with Gasteiger partial charge in [-0.15, -0.1) is 11.3 Å². The maximum absolute atomic E-state index is 10.8. The molecule has 0 unspecified atom stereocenters. The molecular formula is C16H19NO2S. The average Bonchev–Trinajstić information content (AvgIpc) is 2.69. The van der Waals surface area contributed by atoms with Crippen LogP contribution >= 0.6 is 11.3 Å². The summed E-state index contributed by atoms with van der Waals surface area (Å²) >= 11 is 1.55. The Balaban J connectivity index is 2.30. The molecule has 0 spiro atoms. The van der Waals surface area contributed by atoms with E-state index in [1.165, 1.54) is 5.56 Å². The quantitative estimate of drug-likeness (QED) is 0.927. The normalized spacial score (nSPS) is 11.6. The van der Waals surface area contributed by atoms with Crippen LogP contribution in [-0.4, -0.2) is 16.1 Å². The maximum Gasteiger partial charge on any atom is 0.309 e. The van der Waals surface area contributed by atoms with E-state index in [4.69, 9.17) is 5.11 Å². The van der Waals surface area contributed by atoms with Crippen LogP contribution in [0, 0.1) is 6.92 Å². The molecule has 2 rings (SSSR count).